The van der Waals surface area contributed by atoms with Crippen molar-refractivity contribution in [2.45, 2.75) is 19.1 Å². The molecule has 1 N–H and O–H groups in total. The Hall–Kier alpha value is -2.93. The summed E-state index contributed by atoms with van der Waals surface area (Å²) in [4.78, 5) is 16.1. The van der Waals surface area contributed by atoms with E-state index >= 15 is 0 Å². The fourth-order valence-electron chi connectivity index (χ4n) is 2.43. The number of aliphatic carboxylic acids is 1. The van der Waals surface area contributed by atoms with E-state index < -0.39 is 5.97 Å². The van der Waals surface area contributed by atoms with Gasteiger partial charge < -0.3 is 19.0 Å². The average Bonchev–Trinajstić information content (AvgIpc) is 3.06. The molecule has 0 spiro atoms. The third-order valence-corrected chi connectivity index (χ3v) is 4.41. The Balaban J connectivity index is 1.90. The molecule has 0 bridgehead atoms. The van der Waals surface area contributed by atoms with E-state index in [1.54, 1.807) is 30.3 Å². The highest BCUT2D eigenvalue weighted by Crippen LogP contribution is 2.33. The van der Waals surface area contributed by atoms with Gasteiger partial charge in [0, 0.05) is 0 Å². The number of ether oxygens (including phenoxy) is 2. The maximum absolute atomic E-state index is 11.7. The first-order chi connectivity index (χ1) is 13.1. The first kappa shape index (κ1) is 18.8. The van der Waals surface area contributed by atoms with E-state index in [1.807, 2.05) is 32.0 Å². The van der Waals surface area contributed by atoms with Crippen molar-refractivity contribution in [3.05, 3.63) is 52.9 Å². The molecule has 27 heavy (non-hydrogen) atoms. The van der Waals surface area contributed by atoms with E-state index in [0.29, 0.717) is 41.4 Å². The zero-order valence-corrected chi connectivity index (χ0v) is 15.8. The van der Waals surface area contributed by atoms with Crippen LogP contribution < -0.4 is 9.47 Å². The highest BCUT2D eigenvalue weighted by molar-refractivity contribution is 8.03. The summed E-state index contributed by atoms with van der Waals surface area (Å²) in [7, 11) is 0. The number of fused-ring (bicyclic) bond motifs is 1. The van der Waals surface area contributed by atoms with Gasteiger partial charge in [0.15, 0.2) is 17.1 Å². The number of hydrogen-bond acceptors (Lipinski definition) is 6. The SMILES string of the molecule is CCOc1ccc(/C=C(\Sc2nc3ccccc3o2)C(=O)O)cc1OCC. The van der Waals surface area contributed by atoms with Gasteiger partial charge in [-0.15, -0.1) is 0 Å². The third-order valence-electron chi connectivity index (χ3n) is 3.55. The number of para-hydroxylation sites is 2. The van der Waals surface area contributed by atoms with Gasteiger partial charge in [-0.05, 0) is 61.5 Å². The number of oxazole rings is 1. The van der Waals surface area contributed by atoms with E-state index in [1.165, 1.54) is 0 Å². The predicted octanol–water partition coefficient (Wildman–Crippen LogP) is 4.84. The van der Waals surface area contributed by atoms with Crippen molar-refractivity contribution >= 4 is 34.9 Å². The summed E-state index contributed by atoms with van der Waals surface area (Å²) in [6.45, 7) is 4.77. The van der Waals surface area contributed by atoms with Crippen LogP contribution in [0.2, 0.25) is 0 Å². The molecule has 7 heteroatoms. The van der Waals surface area contributed by atoms with Gasteiger partial charge in [0.25, 0.3) is 5.22 Å². The number of hydrogen-bond donors (Lipinski definition) is 1. The molecule has 0 aliphatic carbocycles. The molecule has 0 aliphatic heterocycles. The monoisotopic (exact) mass is 385 g/mol. The molecule has 140 valence electrons. The Morgan fingerprint density at radius 1 is 1.15 bits per heavy atom. The highest BCUT2D eigenvalue weighted by Gasteiger charge is 2.15. The number of benzene rings is 2. The van der Waals surface area contributed by atoms with Crippen LogP contribution in [0.1, 0.15) is 19.4 Å². The van der Waals surface area contributed by atoms with Gasteiger partial charge in [-0.1, -0.05) is 18.2 Å². The normalized spacial score (nSPS) is 11.6. The second-order valence-corrected chi connectivity index (χ2v) is 6.43. The van der Waals surface area contributed by atoms with Crippen molar-refractivity contribution < 1.29 is 23.8 Å². The summed E-state index contributed by atoms with van der Waals surface area (Å²) in [5.41, 5.74) is 1.98. The van der Waals surface area contributed by atoms with Gasteiger partial charge in [-0.3, -0.25) is 0 Å². The highest BCUT2D eigenvalue weighted by atomic mass is 32.2. The van der Waals surface area contributed by atoms with E-state index in [-0.39, 0.29) is 10.1 Å². The van der Waals surface area contributed by atoms with Crippen molar-refractivity contribution in [3.63, 3.8) is 0 Å². The molecular weight excluding hydrogens is 366 g/mol. The lowest BCUT2D eigenvalue weighted by molar-refractivity contribution is -0.131. The summed E-state index contributed by atoms with van der Waals surface area (Å²) < 4.78 is 16.7. The molecule has 0 saturated carbocycles. The zero-order valence-electron chi connectivity index (χ0n) is 15.0. The summed E-state index contributed by atoms with van der Waals surface area (Å²) in [6.07, 6.45) is 1.56. The summed E-state index contributed by atoms with van der Waals surface area (Å²) >= 11 is 0.963. The number of carboxylic acids is 1. The summed E-state index contributed by atoms with van der Waals surface area (Å²) in [5.74, 6) is 0.138. The number of carbonyl (C=O) groups is 1. The van der Waals surface area contributed by atoms with Crippen molar-refractivity contribution in [2.24, 2.45) is 0 Å². The van der Waals surface area contributed by atoms with Crippen molar-refractivity contribution in [1.82, 2.24) is 4.98 Å². The van der Waals surface area contributed by atoms with Crippen LogP contribution in [-0.4, -0.2) is 29.3 Å². The van der Waals surface area contributed by atoms with E-state index in [2.05, 4.69) is 4.98 Å². The predicted molar refractivity (Wildman–Crippen MR) is 104 cm³/mol. The van der Waals surface area contributed by atoms with Crippen LogP contribution in [-0.2, 0) is 4.79 Å². The molecule has 0 saturated heterocycles. The third kappa shape index (κ3) is 4.62. The van der Waals surface area contributed by atoms with Gasteiger partial charge >= 0.3 is 5.97 Å². The molecule has 1 aromatic heterocycles. The summed E-state index contributed by atoms with van der Waals surface area (Å²) in [6, 6.07) is 12.6. The Morgan fingerprint density at radius 2 is 1.89 bits per heavy atom. The number of nitrogens with zero attached hydrogens (tertiary/aromatic N) is 1. The minimum absolute atomic E-state index is 0.0909. The molecule has 3 rings (SSSR count). The van der Waals surface area contributed by atoms with Crippen LogP contribution in [0.5, 0.6) is 11.5 Å². The first-order valence-corrected chi connectivity index (χ1v) is 9.30. The van der Waals surface area contributed by atoms with Crippen molar-refractivity contribution in [1.29, 1.82) is 0 Å². The molecule has 3 aromatic rings. The van der Waals surface area contributed by atoms with Crippen LogP contribution in [0, 0.1) is 0 Å². The average molecular weight is 385 g/mol. The number of rotatable bonds is 8. The van der Waals surface area contributed by atoms with Gasteiger partial charge in [0.1, 0.15) is 10.4 Å². The Bertz CT molecular complexity index is 946. The Kier molecular flexibility index (Phi) is 6.03. The molecule has 0 aliphatic rings. The summed E-state index contributed by atoms with van der Waals surface area (Å²) in [5, 5.41) is 9.85. The smallest absolute Gasteiger partial charge is 0.342 e. The molecule has 6 nitrogen and oxygen atoms in total. The lowest BCUT2D eigenvalue weighted by Crippen LogP contribution is -1.99. The Morgan fingerprint density at radius 3 is 2.59 bits per heavy atom. The van der Waals surface area contributed by atoms with Crippen molar-refractivity contribution in [3.8, 4) is 11.5 Å². The van der Waals surface area contributed by atoms with Crippen LogP contribution in [0.25, 0.3) is 17.2 Å². The van der Waals surface area contributed by atoms with E-state index in [9.17, 15) is 9.90 Å². The fraction of sp³-hybridized carbons (Fsp3) is 0.200. The van der Waals surface area contributed by atoms with Crippen LogP contribution in [0.15, 0.2) is 57.0 Å². The minimum atomic E-state index is -1.06. The maximum Gasteiger partial charge on any atom is 0.342 e. The van der Waals surface area contributed by atoms with E-state index in [0.717, 1.165) is 11.8 Å². The van der Waals surface area contributed by atoms with Gasteiger partial charge in [-0.2, -0.15) is 0 Å². The van der Waals surface area contributed by atoms with Gasteiger partial charge in [-0.25, -0.2) is 9.78 Å². The number of thioether (sulfide) groups is 1. The number of aromatic nitrogens is 1. The standard InChI is InChI=1S/C20H19NO5S/c1-3-24-16-10-9-13(11-17(16)25-4-2)12-18(19(22)23)27-20-21-14-7-5-6-8-15(14)26-20/h5-12H,3-4H2,1-2H3,(H,22,23)/b18-12-. The lowest BCUT2D eigenvalue weighted by Gasteiger charge is -2.11. The van der Waals surface area contributed by atoms with Crippen LogP contribution >= 0.6 is 11.8 Å². The second-order valence-electron chi connectivity index (χ2n) is 5.44. The van der Waals surface area contributed by atoms with Crippen LogP contribution in [0.3, 0.4) is 0 Å². The topological polar surface area (TPSA) is 81.8 Å². The molecule has 0 atom stereocenters. The quantitative estimate of drug-likeness (QED) is 0.439. The molecule has 2 aromatic carbocycles. The molecular formula is C20H19NO5S. The molecule has 0 radical (unpaired) electrons. The lowest BCUT2D eigenvalue weighted by atomic mass is 10.2. The molecule has 0 unspecified atom stereocenters. The first-order valence-electron chi connectivity index (χ1n) is 8.48. The van der Waals surface area contributed by atoms with E-state index in [4.69, 9.17) is 13.9 Å². The van der Waals surface area contributed by atoms with Gasteiger partial charge in [0.2, 0.25) is 0 Å². The fourth-order valence-corrected chi connectivity index (χ4v) is 3.18. The molecule has 1 heterocycles. The van der Waals surface area contributed by atoms with Crippen LogP contribution in [0.4, 0.5) is 0 Å². The van der Waals surface area contributed by atoms with Gasteiger partial charge in [0.05, 0.1) is 13.2 Å². The molecule has 0 fully saturated rings. The Labute approximate surface area is 160 Å². The largest absolute Gasteiger partial charge is 0.490 e. The number of carboxylic acid groups (broad SMARTS) is 1. The maximum atomic E-state index is 11.7. The van der Waals surface area contributed by atoms with Crippen molar-refractivity contribution in [2.75, 3.05) is 13.2 Å². The zero-order chi connectivity index (χ0) is 19.2. The second kappa shape index (κ2) is 8.64. The molecule has 0 amide bonds. The minimum Gasteiger partial charge on any atom is -0.490 e.